The van der Waals surface area contributed by atoms with E-state index in [9.17, 15) is 15.3 Å². The van der Waals surface area contributed by atoms with Gasteiger partial charge in [0, 0.05) is 7.79 Å². The molecule has 0 spiro atoms. The van der Waals surface area contributed by atoms with Crippen LogP contribution in [0.25, 0.3) is 0 Å². The predicted octanol–water partition coefficient (Wildman–Crippen LogP) is 1.18. The van der Waals surface area contributed by atoms with Crippen LogP contribution in [0.5, 0.6) is 0 Å². The Labute approximate surface area is 151 Å². The van der Waals surface area contributed by atoms with Gasteiger partial charge in [-0.1, -0.05) is 13.8 Å². The van der Waals surface area contributed by atoms with Crippen LogP contribution in [0.4, 0.5) is 0 Å². The molecule has 0 aromatic rings. The van der Waals surface area contributed by atoms with Crippen molar-refractivity contribution in [3.05, 3.63) is 0 Å². The second kappa shape index (κ2) is 8.17. The van der Waals surface area contributed by atoms with Gasteiger partial charge in [-0.05, 0) is 40.0 Å². The largest absolute Gasteiger partial charge is 0.390 e. The molecule has 9 atom stereocenters. The van der Waals surface area contributed by atoms with Gasteiger partial charge in [0.05, 0.1) is 23.9 Å². The second-order valence-corrected chi connectivity index (χ2v) is 8.03. The molecular formula is C18H34O7. The molecular weight excluding hydrogens is 328 g/mol. The smallest absolute Gasteiger partial charge is 0.187 e. The van der Waals surface area contributed by atoms with E-state index in [1.54, 1.807) is 13.8 Å². The summed E-state index contributed by atoms with van der Waals surface area (Å²) in [5.74, 6) is -1.15. The summed E-state index contributed by atoms with van der Waals surface area (Å²) in [5.41, 5.74) is -0.548. The third-order valence-electron chi connectivity index (χ3n) is 4.63. The van der Waals surface area contributed by atoms with E-state index in [4.69, 9.17) is 20.3 Å². The van der Waals surface area contributed by atoms with Crippen LogP contribution >= 0.6 is 0 Å². The molecule has 25 heavy (non-hydrogen) atoms. The zero-order valence-electron chi connectivity index (χ0n) is 17.0. The van der Waals surface area contributed by atoms with Crippen molar-refractivity contribution in [1.29, 1.82) is 0 Å². The van der Waals surface area contributed by atoms with Crippen molar-refractivity contribution < 1.29 is 35.6 Å². The zero-order chi connectivity index (χ0) is 19.9. The normalized spacial score (nSPS) is 49.7. The number of ether oxygens (including phenoxy) is 4. The average molecular weight is 364 g/mol. The van der Waals surface area contributed by atoms with Crippen LogP contribution in [0, 0.1) is 5.89 Å². The topological polar surface area (TPSA) is 97.6 Å². The molecule has 148 valence electrons. The van der Waals surface area contributed by atoms with E-state index >= 15 is 0 Å². The molecule has 2 aliphatic rings. The summed E-state index contributed by atoms with van der Waals surface area (Å²) in [4.78, 5) is 0. The van der Waals surface area contributed by atoms with Crippen molar-refractivity contribution in [2.75, 3.05) is 0 Å². The molecule has 0 bridgehead atoms. The first kappa shape index (κ1) is 19.5. The van der Waals surface area contributed by atoms with Crippen molar-refractivity contribution in [3.63, 3.8) is 0 Å². The monoisotopic (exact) mass is 364 g/mol. The lowest BCUT2D eigenvalue weighted by molar-refractivity contribution is -0.357. The predicted molar refractivity (Wildman–Crippen MR) is 90.8 cm³/mol. The van der Waals surface area contributed by atoms with Gasteiger partial charge in [0.25, 0.3) is 0 Å². The fourth-order valence-electron chi connectivity index (χ4n) is 3.23. The molecule has 7 heteroatoms. The molecule has 9 unspecified atom stereocenters. The van der Waals surface area contributed by atoms with Gasteiger partial charge < -0.3 is 34.3 Å². The van der Waals surface area contributed by atoms with Crippen molar-refractivity contribution in [2.24, 2.45) is 5.89 Å². The van der Waals surface area contributed by atoms with Crippen molar-refractivity contribution in [3.8, 4) is 0 Å². The van der Waals surface area contributed by atoms with Crippen LogP contribution in [0.2, 0.25) is 0 Å². The minimum atomic E-state index is -1.22. The fraction of sp³-hybridized carbons (Fsp3) is 1.00. The van der Waals surface area contributed by atoms with E-state index < -0.39 is 60.7 Å². The highest BCUT2D eigenvalue weighted by molar-refractivity contribution is 4.91. The lowest BCUT2D eigenvalue weighted by atomic mass is 9.93. The highest BCUT2D eigenvalue weighted by Gasteiger charge is 2.48. The van der Waals surface area contributed by atoms with Gasteiger partial charge in [0.15, 0.2) is 12.6 Å². The highest BCUT2D eigenvalue weighted by Crippen LogP contribution is 2.33. The Bertz CT molecular complexity index is 467. The van der Waals surface area contributed by atoms with Crippen molar-refractivity contribution in [2.45, 2.75) is 109 Å². The van der Waals surface area contributed by atoms with Crippen molar-refractivity contribution in [1.82, 2.24) is 0 Å². The van der Waals surface area contributed by atoms with Crippen molar-refractivity contribution >= 4 is 0 Å². The van der Waals surface area contributed by atoms with Gasteiger partial charge in [-0.3, -0.25) is 0 Å². The van der Waals surface area contributed by atoms with Gasteiger partial charge in [-0.25, -0.2) is 0 Å². The Balaban J connectivity index is 2.17. The van der Waals surface area contributed by atoms with Gasteiger partial charge in [0.1, 0.15) is 18.3 Å². The average Bonchev–Trinajstić information content (AvgIpc) is 2.50. The number of hydrogen-bond donors (Lipinski definition) is 3. The SMILES string of the molecule is [3H]C1(C)CC(OC2C(OC(C)(C)C)OC(CC)C(O)C2O)OC(C)C1O. The van der Waals surface area contributed by atoms with E-state index in [2.05, 4.69) is 0 Å². The van der Waals surface area contributed by atoms with Crippen LogP contribution in [0.3, 0.4) is 0 Å². The summed E-state index contributed by atoms with van der Waals surface area (Å²) in [7, 11) is 0. The van der Waals surface area contributed by atoms with Crippen LogP contribution < -0.4 is 0 Å². The third kappa shape index (κ3) is 5.13. The lowest BCUT2D eigenvalue weighted by Gasteiger charge is -2.46. The van der Waals surface area contributed by atoms with E-state index in [1.807, 2.05) is 27.7 Å². The molecule has 0 aliphatic carbocycles. The third-order valence-corrected chi connectivity index (χ3v) is 4.63. The Hall–Kier alpha value is -0.280. The minimum absolute atomic E-state index is 0.122. The van der Waals surface area contributed by atoms with Gasteiger partial charge >= 0.3 is 0 Å². The van der Waals surface area contributed by atoms with E-state index in [-0.39, 0.29) is 6.42 Å². The van der Waals surface area contributed by atoms with Crippen LogP contribution in [-0.2, 0) is 18.9 Å². The number of hydrogen-bond acceptors (Lipinski definition) is 7. The summed E-state index contributed by atoms with van der Waals surface area (Å²) in [6, 6.07) is 0. The Morgan fingerprint density at radius 3 is 2.24 bits per heavy atom. The summed E-state index contributed by atoms with van der Waals surface area (Å²) in [6.45, 7) is 10.7. The van der Waals surface area contributed by atoms with Gasteiger partial charge in [-0.2, -0.15) is 0 Å². The second-order valence-electron chi connectivity index (χ2n) is 8.03. The first-order valence-corrected chi connectivity index (χ1v) is 9.04. The molecule has 0 radical (unpaired) electrons. The maximum atomic E-state index is 10.6. The molecule has 3 N–H and O–H groups in total. The lowest BCUT2D eigenvalue weighted by Crippen LogP contribution is -2.61. The molecule has 2 aliphatic heterocycles. The summed E-state index contributed by atoms with van der Waals surface area (Å²) >= 11 is 0. The minimum Gasteiger partial charge on any atom is -0.390 e. The molecule has 2 fully saturated rings. The molecule has 2 rings (SSSR count). The quantitative estimate of drug-likeness (QED) is 0.689. The highest BCUT2D eigenvalue weighted by atomic mass is 16.7. The molecule has 0 aromatic heterocycles. The molecule has 2 saturated heterocycles. The first-order valence-electron chi connectivity index (χ1n) is 9.54. The zero-order valence-corrected chi connectivity index (χ0v) is 16.0. The Morgan fingerprint density at radius 1 is 1.08 bits per heavy atom. The summed E-state index contributed by atoms with van der Waals surface area (Å²) in [6.07, 6.45) is -6.47. The molecule has 7 nitrogen and oxygen atoms in total. The first-order chi connectivity index (χ1) is 11.9. The fourth-order valence-corrected chi connectivity index (χ4v) is 3.23. The van der Waals surface area contributed by atoms with E-state index in [0.717, 1.165) is 0 Å². The summed E-state index contributed by atoms with van der Waals surface area (Å²) < 4.78 is 31.6. The summed E-state index contributed by atoms with van der Waals surface area (Å²) in [5, 5.41) is 31.0. The van der Waals surface area contributed by atoms with Gasteiger partial charge in [0.2, 0.25) is 0 Å². The van der Waals surface area contributed by atoms with Gasteiger partial charge in [-0.15, -0.1) is 0 Å². The Kier molecular flexibility index (Phi) is 6.36. The van der Waals surface area contributed by atoms with Crippen LogP contribution in [-0.4, -0.2) is 70.1 Å². The van der Waals surface area contributed by atoms with E-state index in [1.165, 1.54) is 0 Å². The maximum Gasteiger partial charge on any atom is 0.187 e. The van der Waals surface area contributed by atoms with Crippen LogP contribution in [0.15, 0.2) is 0 Å². The molecule has 2 heterocycles. The number of aliphatic hydroxyl groups is 3. The molecule has 0 saturated carbocycles. The molecule has 0 aromatic carbocycles. The molecule has 0 amide bonds. The Morgan fingerprint density at radius 2 is 1.72 bits per heavy atom. The number of aliphatic hydroxyl groups excluding tert-OH is 3. The standard InChI is InChI=1S/C18H34O7/c1-7-11-14(20)15(21)16(17(23-11)25-18(4,5)6)24-12-8-9(2)13(19)10(3)22-12/h9-17,19-21H,7-8H2,1-6H3/i9T. The maximum absolute atomic E-state index is 10.6. The van der Waals surface area contributed by atoms with E-state index in [0.29, 0.717) is 6.42 Å². The van der Waals surface area contributed by atoms with Crippen LogP contribution in [0.1, 0.15) is 55.8 Å². The number of rotatable bonds is 4.